The van der Waals surface area contributed by atoms with Gasteiger partial charge in [0.2, 0.25) is 0 Å². The third-order valence-electron chi connectivity index (χ3n) is 7.04. The van der Waals surface area contributed by atoms with Crippen LogP contribution in [0.3, 0.4) is 0 Å². The van der Waals surface area contributed by atoms with Gasteiger partial charge in [0, 0.05) is 42.0 Å². The molecule has 44 heavy (non-hydrogen) atoms. The number of nitrogens with zero attached hydrogens (tertiary/aromatic N) is 5. The molecule has 1 fully saturated rings. The summed E-state index contributed by atoms with van der Waals surface area (Å²) in [5.41, 5.74) is 8.49. The highest BCUT2D eigenvalue weighted by molar-refractivity contribution is 6.58. The van der Waals surface area contributed by atoms with Crippen molar-refractivity contribution in [3.05, 3.63) is 83.9 Å². The number of pyridine rings is 1. The van der Waals surface area contributed by atoms with Gasteiger partial charge >= 0.3 is 0 Å². The SMILES string of the molecule is BC(B)(B)Oc1c(F)ccc(F)c1-c1nccc(C(=O)Nc2ccc(-c3cnccc3C#N)cc2N2C[C@@H](N)C[C@H]2CO)n1. The summed E-state index contributed by atoms with van der Waals surface area (Å²) in [6.45, 7) is 0.262. The van der Waals surface area contributed by atoms with Crippen molar-refractivity contribution < 1.29 is 23.4 Å². The first-order valence-corrected chi connectivity index (χ1v) is 13.9. The summed E-state index contributed by atoms with van der Waals surface area (Å²) in [7, 11) is 5.08. The maximum atomic E-state index is 15.0. The Kier molecular flexibility index (Phi) is 8.67. The quantitative estimate of drug-likeness (QED) is 0.247. The molecule has 2 aromatic heterocycles. The molecule has 220 valence electrons. The first-order chi connectivity index (χ1) is 21.0. The number of hydrogen-bond donors (Lipinski definition) is 3. The summed E-state index contributed by atoms with van der Waals surface area (Å²) >= 11 is 0. The van der Waals surface area contributed by atoms with Crippen molar-refractivity contribution in [1.82, 2.24) is 15.0 Å². The number of aliphatic hydroxyl groups excluding tert-OH is 1. The van der Waals surface area contributed by atoms with Crippen molar-refractivity contribution in [2.75, 3.05) is 23.4 Å². The molecule has 15 heteroatoms. The molecule has 0 bridgehead atoms. The Morgan fingerprint density at radius 2 is 1.95 bits per heavy atom. The fourth-order valence-electron chi connectivity index (χ4n) is 5.13. The fourth-order valence-corrected chi connectivity index (χ4v) is 5.13. The Balaban J connectivity index is 1.54. The number of nitriles is 1. The molecule has 0 saturated carbocycles. The molecule has 2 aromatic carbocycles. The standard InChI is InChI=1S/C29H28B3F2N7O3/c30-29(31,32)44-26-21(34)3-2-20(33)25(26)27-38-8-6-23(39-27)28(43)40-22-4-1-15(19-12-37-7-5-16(19)11-35)9-24(22)41-13-17(36)10-18(41)14-42/h1-9,12,17-18,42H,10,13-14,30-32,36H2,(H,40,43)/t17-,18-/m0/s1. The molecule has 10 nitrogen and oxygen atoms in total. The molecule has 4 aromatic rings. The number of nitrogens with one attached hydrogen (secondary N) is 1. The zero-order valence-corrected chi connectivity index (χ0v) is 24.4. The minimum absolute atomic E-state index is 0.105. The lowest BCUT2D eigenvalue weighted by Gasteiger charge is -2.28. The van der Waals surface area contributed by atoms with E-state index in [0.29, 0.717) is 41.0 Å². The van der Waals surface area contributed by atoms with E-state index < -0.39 is 22.8 Å². The van der Waals surface area contributed by atoms with Crippen LogP contribution in [0.2, 0.25) is 0 Å². The van der Waals surface area contributed by atoms with Crippen LogP contribution in [0.4, 0.5) is 20.2 Å². The molecule has 5 rings (SSSR count). The summed E-state index contributed by atoms with van der Waals surface area (Å²) in [4.78, 5) is 28.0. The number of amides is 1. The van der Waals surface area contributed by atoms with Gasteiger partial charge in [-0.3, -0.25) is 9.78 Å². The highest BCUT2D eigenvalue weighted by atomic mass is 19.1. The van der Waals surface area contributed by atoms with Crippen LogP contribution in [0.25, 0.3) is 22.5 Å². The van der Waals surface area contributed by atoms with Gasteiger partial charge in [0.15, 0.2) is 17.4 Å². The molecule has 0 radical (unpaired) electrons. The van der Waals surface area contributed by atoms with Crippen molar-refractivity contribution in [3.8, 4) is 34.3 Å². The predicted octanol–water partition coefficient (Wildman–Crippen LogP) is 0.395. The van der Waals surface area contributed by atoms with Gasteiger partial charge in [0.05, 0.1) is 41.2 Å². The second-order valence-electron chi connectivity index (χ2n) is 11.4. The number of anilines is 2. The van der Waals surface area contributed by atoms with E-state index in [2.05, 4.69) is 26.3 Å². The molecule has 0 aliphatic carbocycles. The van der Waals surface area contributed by atoms with Crippen LogP contribution >= 0.6 is 0 Å². The largest absolute Gasteiger partial charge is 0.510 e. The molecule has 0 spiro atoms. The van der Waals surface area contributed by atoms with Crippen molar-refractivity contribution in [3.63, 3.8) is 0 Å². The van der Waals surface area contributed by atoms with E-state index in [-0.39, 0.29) is 41.5 Å². The number of ether oxygens (including phenoxy) is 1. The first-order valence-electron chi connectivity index (χ1n) is 13.9. The number of carbonyl (C=O) groups excluding carboxylic acids is 1. The van der Waals surface area contributed by atoms with Crippen LogP contribution < -0.4 is 20.7 Å². The Morgan fingerprint density at radius 1 is 1.18 bits per heavy atom. The van der Waals surface area contributed by atoms with E-state index in [0.717, 1.165) is 12.1 Å². The third-order valence-corrected chi connectivity index (χ3v) is 7.04. The highest BCUT2D eigenvalue weighted by Crippen LogP contribution is 2.37. The zero-order valence-electron chi connectivity index (χ0n) is 24.4. The number of aliphatic hydroxyl groups is 1. The van der Waals surface area contributed by atoms with E-state index in [1.54, 1.807) is 54.0 Å². The molecule has 2 atom stereocenters. The summed E-state index contributed by atoms with van der Waals surface area (Å²) in [5.74, 6) is -2.83. The van der Waals surface area contributed by atoms with Crippen molar-refractivity contribution in [1.29, 1.82) is 5.26 Å². The summed E-state index contributed by atoms with van der Waals surface area (Å²) in [6.07, 6.45) is 4.93. The van der Waals surface area contributed by atoms with Gasteiger partial charge in [0.1, 0.15) is 35.0 Å². The van der Waals surface area contributed by atoms with Gasteiger partial charge < -0.3 is 25.8 Å². The van der Waals surface area contributed by atoms with Crippen LogP contribution in [-0.2, 0) is 0 Å². The lowest BCUT2D eigenvalue weighted by molar-refractivity contribution is 0.102. The maximum absolute atomic E-state index is 15.0. The van der Waals surface area contributed by atoms with Crippen LogP contribution in [0.1, 0.15) is 22.5 Å². The van der Waals surface area contributed by atoms with E-state index in [1.165, 1.54) is 18.5 Å². The van der Waals surface area contributed by atoms with Crippen LogP contribution in [0, 0.1) is 23.0 Å². The fraction of sp³-hybridized carbons (Fsp3) is 0.207. The number of rotatable bonds is 8. The topological polar surface area (TPSA) is 150 Å². The van der Waals surface area contributed by atoms with Gasteiger partial charge in [-0.25, -0.2) is 18.7 Å². The number of benzene rings is 2. The molecule has 0 unspecified atom stereocenters. The van der Waals surface area contributed by atoms with E-state index >= 15 is 4.39 Å². The van der Waals surface area contributed by atoms with Gasteiger partial charge in [-0.1, -0.05) is 6.07 Å². The number of aromatic nitrogens is 3. The normalized spacial score (nSPS) is 16.4. The maximum Gasteiger partial charge on any atom is 0.274 e. The predicted molar refractivity (Wildman–Crippen MR) is 170 cm³/mol. The molecule has 1 aliphatic heterocycles. The number of hydrogen-bond acceptors (Lipinski definition) is 9. The average molecular weight is 593 g/mol. The van der Waals surface area contributed by atoms with Crippen molar-refractivity contribution in [2.45, 2.75) is 23.8 Å². The third kappa shape index (κ3) is 6.41. The molecule has 1 saturated heterocycles. The number of halogens is 2. The van der Waals surface area contributed by atoms with Crippen LogP contribution in [0.15, 0.2) is 61.1 Å². The summed E-state index contributed by atoms with van der Waals surface area (Å²) in [5, 5.41) is 21.7. The highest BCUT2D eigenvalue weighted by Gasteiger charge is 2.32. The van der Waals surface area contributed by atoms with Crippen LogP contribution in [0.5, 0.6) is 5.75 Å². The zero-order chi connectivity index (χ0) is 31.6. The monoisotopic (exact) mass is 593 g/mol. The van der Waals surface area contributed by atoms with Gasteiger partial charge in [-0.2, -0.15) is 5.26 Å². The molecule has 3 heterocycles. The van der Waals surface area contributed by atoms with Crippen molar-refractivity contribution >= 4 is 40.8 Å². The molecular weight excluding hydrogens is 565 g/mol. The lowest BCUT2D eigenvalue weighted by Crippen LogP contribution is -2.38. The van der Waals surface area contributed by atoms with Gasteiger partial charge in [-0.15, -0.1) is 0 Å². The Labute approximate surface area is 255 Å². The smallest absolute Gasteiger partial charge is 0.274 e. The minimum atomic E-state index is -0.852. The Morgan fingerprint density at radius 3 is 2.68 bits per heavy atom. The second kappa shape index (κ2) is 12.4. The average Bonchev–Trinajstić information content (AvgIpc) is 3.39. The minimum Gasteiger partial charge on any atom is -0.510 e. The van der Waals surface area contributed by atoms with E-state index in [4.69, 9.17) is 10.5 Å². The molecule has 1 amide bonds. The van der Waals surface area contributed by atoms with E-state index in [1.807, 2.05) is 4.90 Å². The van der Waals surface area contributed by atoms with Gasteiger partial charge in [0.25, 0.3) is 5.91 Å². The Bertz CT molecular complexity index is 1770. The van der Waals surface area contributed by atoms with Crippen LogP contribution in [-0.4, -0.2) is 80.0 Å². The second-order valence-corrected chi connectivity index (χ2v) is 11.4. The Hall–Kier alpha value is -4.80. The van der Waals surface area contributed by atoms with Gasteiger partial charge in [-0.05, 0) is 48.4 Å². The summed E-state index contributed by atoms with van der Waals surface area (Å²) in [6, 6.07) is 11.7. The summed E-state index contributed by atoms with van der Waals surface area (Å²) < 4.78 is 35.5. The molecule has 4 N–H and O–H groups in total. The number of nitrogens with two attached hydrogens (primary N) is 1. The van der Waals surface area contributed by atoms with E-state index in [9.17, 15) is 19.6 Å². The lowest BCUT2D eigenvalue weighted by atomic mass is 9.52. The van der Waals surface area contributed by atoms with Crippen molar-refractivity contribution in [2.24, 2.45) is 5.73 Å². The first kappa shape index (κ1) is 30.7. The molecular formula is C29H28B3F2N7O3. The number of carbonyl (C=O) groups is 1. The molecule has 1 aliphatic rings.